The van der Waals surface area contributed by atoms with Gasteiger partial charge in [0.25, 0.3) is 11.6 Å². The van der Waals surface area contributed by atoms with Gasteiger partial charge in [0, 0.05) is 34.6 Å². The lowest BCUT2D eigenvalue weighted by Crippen LogP contribution is -2.26. The van der Waals surface area contributed by atoms with Crippen LogP contribution in [0.3, 0.4) is 0 Å². The third-order valence-corrected chi connectivity index (χ3v) is 4.26. The maximum atomic E-state index is 12.2. The second-order valence-electron chi connectivity index (χ2n) is 6.44. The van der Waals surface area contributed by atoms with Gasteiger partial charge < -0.3 is 16.0 Å². The Morgan fingerprint density at radius 3 is 2.63 bits per heavy atom. The van der Waals surface area contributed by atoms with Gasteiger partial charge in [-0.1, -0.05) is 12.1 Å². The Bertz CT molecular complexity index is 893. The van der Waals surface area contributed by atoms with E-state index < -0.39 is 4.92 Å². The van der Waals surface area contributed by atoms with Gasteiger partial charge in [-0.15, -0.1) is 0 Å². The zero-order chi connectivity index (χ0) is 19.4. The molecule has 2 aromatic rings. The van der Waals surface area contributed by atoms with E-state index in [-0.39, 0.29) is 30.1 Å². The van der Waals surface area contributed by atoms with Gasteiger partial charge in [-0.05, 0) is 44.0 Å². The molecule has 0 unspecified atom stereocenters. The minimum atomic E-state index is -0.460. The smallest absolute Gasteiger partial charge is 0.274 e. The predicted molar refractivity (Wildman–Crippen MR) is 102 cm³/mol. The fraction of sp³-hybridized carbons (Fsp3) is 0.263. The van der Waals surface area contributed by atoms with Crippen LogP contribution in [-0.2, 0) is 4.79 Å². The number of anilines is 2. The molecule has 3 rings (SSSR count). The number of nitro benzene ring substituents is 1. The van der Waals surface area contributed by atoms with Crippen molar-refractivity contribution < 1.29 is 14.5 Å². The maximum absolute atomic E-state index is 12.2. The fourth-order valence-electron chi connectivity index (χ4n) is 2.63. The van der Waals surface area contributed by atoms with Crippen molar-refractivity contribution in [3.8, 4) is 0 Å². The van der Waals surface area contributed by atoms with Crippen molar-refractivity contribution in [1.82, 2.24) is 5.32 Å². The summed E-state index contributed by atoms with van der Waals surface area (Å²) in [7, 11) is 0. The molecule has 8 heteroatoms. The first kappa shape index (κ1) is 18.4. The lowest BCUT2D eigenvalue weighted by atomic mass is 10.1. The molecule has 1 aliphatic rings. The van der Waals surface area contributed by atoms with E-state index in [2.05, 4.69) is 16.0 Å². The highest BCUT2D eigenvalue weighted by Gasteiger charge is 2.23. The van der Waals surface area contributed by atoms with Crippen LogP contribution in [0.1, 0.15) is 28.8 Å². The third kappa shape index (κ3) is 4.81. The molecule has 2 amide bonds. The van der Waals surface area contributed by atoms with Gasteiger partial charge in [-0.3, -0.25) is 19.7 Å². The Morgan fingerprint density at radius 1 is 1.19 bits per heavy atom. The summed E-state index contributed by atoms with van der Waals surface area (Å²) in [6.07, 6.45) is 2.01. The van der Waals surface area contributed by atoms with Crippen molar-refractivity contribution >= 4 is 28.9 Å². The topological polar surface area (TPSA) is 113 Å². The van der Waals surface area contributed by atoms with E-state index >= 15 is 0 Å². The third-order valence-electron chi connectivity index (χ3n) is 4.26. The van der Waals surface area contributed by atoms with Crippen molar-refractivity contribution in [3.05, 3.63) is 63.7 Å². The number of carbonyl (C=O) groups excluding carboxylic acids is 2. The zero-order valence-electron chi connectivity index (χ0n) is 14.8. The van der Waals surface area contributed by atoms with Crippen molar-refractivity contribution in [2.75, 3.05) is 17.2 Å². The molecule has 2 aromatic carbocycles. The molecule has 0 aromatic heterocycles. The molecule has 3 N–H and O–H groups in total. The van der Waals surface area contributed by atoms with Crippen LogP contribution in [0.4, 0.5) is 17.1 Å². The van der Waals surface area contributed by atoms with Crippen LogP contribution in [-0.4, -0.2) is 29.3 Å². The fourth-order valence-corrected chi connectivity index (χ4v) is 2.63. The Labute approximate surface area is 156 Å². The van der Waals surface area contributed by atoms with Crippen LogP contribution in [0.5, 0.6) is 0 Å². The van der Waals surface area contributed by atoms with E-state index in [1.807, 2.05) is 0 Å². The van der Waals surface area contributed by atoms with Crippen molar-refractivity contribution in [2.45, 2.75) is 25.8 Å². The Morgan fingerprint density at radius 2 is 1.93 bits per heavy atom. The lowest BCUT2D eigenvalue weighted by Gasteiger charge is -2.11. The van der Waals surface area contributed by atoms with E-state index in [0.29, 0.717) is 22.5 Å². The highest BCUT2D eigenvalue weighted by molar-refractivity contribution is 5.98. The van der Waals surface area contributed by atoms with Gasteiger partial charge in [0.2, 0.25) is 5.91 Å². The summed E-state index contributed by atoms with van der Waals surface area (Å²) in [5.41, 5.74) is 1.99. The molecule has 27 heavy (non-hydrogen) atoms. The van der Waals surface area contributed by atoms with Gasteiger partial charge in [-0.25, -0.2) is 0 Å². The van der Waals surface area contributed by atoms with E-state index in [9.17, 15) is 19.7 Å². The summed E-state index contributed by atoms with van der Waals surface area (Å²) >= 11 is 0. The molecule has 1 fully saturated rings. The van der Waals surface area contributed by atoms with E-state index in [1.165, 1.54) is 6.07 Å². The summed E-state index contributed by atoms with van der Waals surface area (Å²) in [6.45, 7) is 1.57. The SMILES string of the molecule is Cc1c(NCC(=O)Nc2cccc(C(=O)NC3CC3)c2)cccc1[N+](=O)[O-]. The van der Waals surface area contributed by atoms with Crippen LogP contribution in [0.25, 0.3) is 0 Å². The molecule has 140 valence electrons. The number of nitro groups is 1. The minimum absolute atomic E-state index is 0.00483. The summed E-state index contributed by atoms with van der Waals surface area (Å²) in [5.74, 6) is -0.473. The lowest BCUT2D eigenvalue weighted by molar-refractivity contribution is -0.385. The number of carbonyl (C=O) groups is 2. The zero-order valence-corrected chi connectivity index (χ0v) is 14.8. The Hall–Kier alpha value is -3.42. The minimum Gasteiger partial charge on any atom is -0.376 e. The maximum Gasteiger partial charge on any atom is 0.274 e. The summed E-state index contributed by atoms with van der Waals surface area (Å²) < 4.78 is 0. The van der Waals surface area contributed by atoms with Gasteiger partial charge >= 0.3 is 0 Å². The molecule has 8 nitrogen and oxygen atoms in total. The summed E-state index contributed by atoms with van der Waals surface area (Å²) in [4.78, 5) is 34.8. The van der Waals surface area contributed by atoms with Crippen molar-refractivity contribution in [2.24, 2.45) is 0 Å². The number of benzene rings is 2. The summed E-state index contributed by atoms with van der Waals surface area (Å²) in [5, 5.41) is 19.5. The van der Waals surface area contributed by atoms with Gasteiger partial charge in [-0.2, -0.15) is 0 Å². The molecule has 1 saturated carbocycles. The van der Waals surface area contributed by atoms with E-state index in [0.717, 1.165) is 12.8 Å². The molecule has 0 radical (unpaired) electrons. The monoisotopic (exact) mass is 368 g/mol. The number of amides is 2. The highest BCUT2D eigenvalue weighted by Crippen LogP contribution is 2.25. The van der Waals surface area contributed by atoms with Gasteiger partial charge in [0.05, 0.1) is 11.5 Å². The van der Waals surface area contributed by atoms with Crippen molar-refractivity contribution in [1.29, 1.82) is 0 Å². The average molecular weight is 368 g/mol. The van der Waals surface area contributed by atoms with Crippen LogP contribution >= 0.6 is 0 Å². The van der Waals surface area contributed by atoms with Crippen LogP contribution in [0, 0.1) is 17.0 Å². The van der Waals surface area contributed by atoms with Crippen LogP contribution in [0.15, 0.2) is 42.5 Å². The first-order valence-electron chi connectivity index (χ1n) is 8.62. The second kappa shape index (κ2) is 7.86. The Balaban J connectivity index is 1.59. The molecule has 0 aliphatic heterocycles. The Kier molecular flexibility index (Phi) is 5.35. The standard InChI is InChI=1S/C19H20N4O4/c1-12-16(6-3-7-17(12)23(26)27)20-11-18(24)21-15-5-2-4-13(10-15)19(25)22-14-8-9-14/h2-7,10,14,20H,8-9,11H2,1H3,(H,21,24)(H,22,25). The molecule has 1 aliphatic carbocycles. The number of rotatable bonds is 7. The summed E-state index contributed by atoms with van der Waals surface area (Å²) in [6, 6.07) is 11.6. The first-order valence-corrected chi connectivity index (χ1v) is 8.62. The average Bonchev–Trinajstić information content (AvgIpc) is 3.45. The van der Waals surface area contributed by atoms with Crippen molar-refractivity contribution in [3.63, 3.8) is 0 Å². The molecule has 0 spiro atoms. The first-order chi connectivity index (χ1) is 12.9. The normalized spacial score (nSPS) is 12.9. The quantitative estimate of drug-likeness (QED) is 0.514. The van der Waals surface area contributed by atoms with Gasteiger partial charge in [0.1, 0.15) is 0 Å². The molecule has 0 bridgehead atoms. The molecule has 0 atom stereocenters. The van der Waals surface area contributed by atoms with E-state index in [4.69, 9.17) is 0 Å². The number of nitrogens with zero attached hydrogens (tertiary/aromatic N) is 1. The molecule has 0 heterocycles. The molecule has 0 saturated heterocycles. The van der Waals surface area contributed by atoms with Gasteiger partial charge in [0.15, 0.2) is 0 Å². The highest BCUT2D eigenvalue weighted by atomic mass is 16.6. The number of hydrogen-bond donors (Lipinski definition) is 3. The predicted octanol–water partition coefficient (Wildman–Crippen LogP) is 2.85. The van der Waals surface area contributed by atoms with E-state index in [1.54, 1.807) is 43.3 Å². The van der Waals surface area contributed by atoms with Crippen LogP contribution in [0.2, 0.25) is 0 Å². The molecular weight excluding hydrogens is 348 g/mol. The second-order valence-corrected chi connectivity index (χ2v) is 6.44. The molecular formula is C19H20N4O4. The van der Waals surface area contributed by atoms with Crippen LogP contribution < -0.4 is 16.0 Å². The largest absolute Gasteiger partial charge is 0.376 e. The number of hydrogen-bond acceptors (Lipinski definition) is 5. The number of nitrogens with one attached hydrogen (secondary N) is 3.